The topological polar surface area (TPSA) is 124 Å². The van der Waals surface area contributed by atoms with Crippen molar-refractivity contribution in [3.8, 4) is 0 Å². The molecule has 0 bridgehead atoms. The number of halogens is 1. The Morgan fingerprint density at radius 1 is 1.48 bits per heavy atom. The Morgan fingerprint density at radius 2 is 2.17 bits per heavy atom. The van der Waals surface area contributed by atoms with Crippen LogP contribution in [0.3, 0.4) is 0 Å². The summed E-state index contributed by atoms with van der Waals surface area (Å²) in [5, 5.41) is 14.4. The van der Waals surface area contributed by atoms with Crippen LogP contribution < -0.4 is 16.3 Å². The van der Waals surface area contributed by atoms with Crippen molar-refractivity contribution in [2.75, 3.05) is 6.54 Å². The molecular formula is C14H21ClN4O4. The highest BCUT2D eigenvalue weighted by Gasteiger charge is 2.30. The van der Waals surface area contributed by atoms with E-state index in [1.165, 1.54) is 0 Å². The largest absolute Gasteiger partial charge is 0.480 e. The van der Waals surface area contributed by atoms with Crippen LogP contribution in [0.15, 0.2) is 10.9 Å². The number of nitrogens with one attached hydrogen (secondary N) is 3. The fourth-order valence-corrected chi connectivity index (χ4v) is 2.47. The molecule has 0 radical (unpaired) electrons. The van der Waals surface area contributed by atoms with Gasteiger partial charge in [0.2, 0.25) is 0 Å². The van der Waals surface area contributed by atoms with Gasteiger partial charge in [-0.1, -0.05) is 13.8 Å². The van der Waals surface area contributed by atoms with E-state index in [-0.39, 0.29) is 24.1 Å². The van der Waals surface area contributed by atoms with E-state index in [1.54, 1.807) is 6.07 Å². The van der Waals surface area contributed by atoms with E-state index in [0.717, 1.165) is 0 Å². The molecule has 1 aromatic heterocycles. The third-order valence-corrected chi connectivity index (χ3v) is 3.43. The lowest BCUT2D eigenvalue weighted by Crippen LogP contribution is -2.37. The van der Waals surface area contributed by atoms with Gasteiger partial charge in [-0.2, -0.15) is 4.98 Å². The van der Waals surface area contributed by atoms with Crippen LogP contribution >= 0.6 is 12.4 Å². The van der Waals surface area contributed by atoms with Gasteiger partial charge in [0.05, 0.1) is 0 Å². The first kappa shape index (κ1) is 19.1. The van der Waals surface area contributed by atoms with Gasteiger partial charge in [-0.05, 0) is 24.8 Å². The zero-order valence-corrected chi connectivity index (χ0v) is 13.8. The highest BCUT2D eigenvalue weighted by Crippen LogP contribution is 2.09. The van der Waals surface area contributed by atoms with E-state index in [4.69, 9.17) is 5.11 Å². The molecule has 8 nitrogen and oxygen atoms in total. The van der Waals surface area contributed by atoms with E-state index in [0.29, 0.717) is 31.0 Å². The number of hydrogen-bond donors (Lipinski definition) is 4. The third-order valence-electron chi connectivity index (χ3n) is 3.43. The highest BCUT2D eigenvalue weighted by atomic mass is 35.5. The number of carboxylic acids is 1. The summed E-state index contributed by atoms with van der Waals surface area (Å²) < 4.78 is 0. The quantitative estimate of drug-likeness (QED) is 0.593. The highest BCUT2D eigenvalue weighted by molar-refractivity contribution is 5.92. The van der Waals surface area contributed by atoms with Gasteiger partial charge in [0.25, 0.3) is 5.91 Å². The van der Waals surface area contributed by atoms with Gasteiger partial charge in [0.15, 0.2) is 0 Å². The number of H-pyrrole nitrogens is 1. The Balaban J connectivity index is 0.00000264. The summed E-state index contributed by atoms with van der Waals surface area (Å²) in [6.07, 6.45) is 0.952. The number of aromatic amines is 1. The van der Waals surface area contributed by atoms with Crippen LogP contribution in [0.2, 0.25) is 0 Å². The molecule has 1 saturated heterocycles. The lowest BCUT2D eigenvalue weighted by molar-refractivity contribution is -0.139. The van der Waals surface area contributed by atoms with Crippen LogP contribution in [0.25, 0.3) is 0 Å². The molecule has 128 valence electrons. The fourth-order valence-electron chi connectivity index (χ4n) is 2.47. The van der Waals surface area contributed by atoms with Crippen LogP contribution in [0, 0.1) is 5.92 Å². The Bertz CT molecular complexity index is 631. The molecule has 1 aromatic rings. The van der Waals surface area contributed by atoms with Crippen LogP contribution in [0.1, 0.15) is 36.5 Å². The number of rotatable bonds is 5. The van der Waals surface area contributed by atoms with E-state index in [2.05, 4.69) is 20.6 Å². The number of aliphatic carboxylic acids is 1. The summed E-state index contributed by atoms with van der Waals surface area (Å²) in [5.41, 5.74) is 0.155. The molecule has 0 unspecified atom stereocenters. The molecule has 4 N–H and O–H groups in total. The lowest BCUT2D eigenvalue weighted by atomic mass is 10.1. The number of hydrogen-bond acceptors (Lipinski definition) is 5. The van der Waals surface area contributed by atoms with Crippen LogP contribution in [0.5, 0.6) is 0 Å². The SMILES string of the molecule is CC(C)Cc1cc(C(=O)N[C@@H]2CN[C@H](C(=O)O)C2)nc(=O)[nH]1.Cl. The van der Waals surface area contributed by atoms with Crippen LogP contribution in [0.4, 0.5) is 0 Å². The van der Waals surface area contributed by atoms with Gasteiger partial charge in [0.1, 0.15) is 11.7 Å². The predicted octanol–water partition coefficient (Wildman–Crippen LogP) is -0.0649. The van der Waals surface area contributed by atoms with Gasteiger partial charge in [-0.25, -0.2) is 4.79 Å². The number of amides is 1. The maximum atomic E-state index is 12.2. The summed E-state index contributed by atoms with van der Waals surface area (Å²) in [5.74, 6) is -1.07. The fraction of sp³-hybridized carbons (Fsp3) is 0.571. The molecular weight excluding hydrogens is 324 g/mol. The minimum atomic E-state index is -0.940. The second-order valence-electron chi connectivity index (χ2n) is 5.90. The third kappa shape index (κ3) is 5.33. The van der Waals surface area contributed by atoms with Crippen LogP contribution in [-0.2, 0) is 11.2 Å². The van der Waals surface area contributed by atoms with Crippen molar-refractivity contribution >= 4 is 24.3 Å². The Hall–Kier alpha value is -1.93. The molecule has 1 aliphatic heterocycles. The van der Waals surface area contributed by atoms with Crippen LogP contribution in [-0.4, -0.2) is 45.6 Å². The van der Waals surface area contributed by atoms with Gasteiger partial charge in [0, 0.05) is 18.3 Å². The molecule has 23 heavy (non-hydrogen) atoms. The van der Waals surface area contributed by atoms with E-state index in [9.17, 15) is 14.4 Å². The second kappa shape index (κ2) is 8.07. The molecule has 0 spiro atoms. The minimum absolute atomic E-state index is 0. The van der Waals surface area contributed by atoms with E-state index >= 15 is 0 Å². The zero-order chi connectivity index (χ0) is 16.3. The average Bonchev–Trinajstić information content (AvgIpc) is 2.85. The molecule has 2 rings (SSSR count). The lowest BCUT2D eigenvalue weighted by Gasteiger charge is -2.11. The summed E-state index contributed by atoms with van der Waals surface area (Å²) >= 11 is 0. The van der Waals surface area contributed by atoms with Crippen molar-refractivity contribution in [3.05, 3.63) is 27.9 Å². The molecule has 2 heterocycles. The van der Waals surface area contributed by atoms with E-state index in [1.807, 2.05) is 13.8 Å². The maximum Gasteiger partial charge on any atom is 0.345 e. The standard InChI is InChI=1S/C14H20N4O4.ClH/c1-7(2)3-8-4-10(18-14(22)17-8)12(19)16-9-5-11(13(20)21)15-6-9;/h4,7,9,11,15H,3,5-6H2,1-2H3,(H,16,19)(H,20,21)(H,17,18,22);1H/t9-,11-;/m0./s1. The van der Waals surface area contributed by atoms with Crippen molar-refractivity contribution in [2.45, 2.75) is 38.8 Å². The Kier molecular flexibility index (Phi) is 6.71. The number of carbonyl (C=O) groups is 2. The first-order valence-electron chi connectivity index (χ1n) is 7.22. The van der Waals surface area contributed by atoms with Gasteiger partial charge < -0.3 is 20.7 Å². The molecule has 0 saturated carbocycles. The summed E-state index contributed by atoms with van der Waals surface area (Å²) in [7, 11) is 0. The van der Waals surface area contributed by atoms with Crippen molar-refractivity contribution in [1.29, 1.82) is 0 Å². The predicted molar refractivity (Wildman–Crippen MR) is 85.9 cm³/mol. The molecule has 1 aliphatic rings. The Labute approximate surface area is 139 Å². The van der Waals surface area contributed by atoms with Crippen molar-refractivity contribution in [2.24, 2.45) is 5.92 Å². The summed E-state index contributed by atoms with van der Waals surface area (Å²) in [4.78, 5) is 40.9. The first-order valence-corrected chi connectivity index (χ1v) is 7.22. The summed E-state index contributed by atoms with van der Waals surface area (Å²) in [6, 6.07) is 0.616. The zero-order valence-electron chi connectivity index (χ0n) is 13.0. The van der Waals surface area contributed by atoms with Gasteiger partial charge in [-0.3, -0.25) is 9.59 Å². The maximum absolute atomic E-state index is 12.2. The Morgan fingerprint density at radius 3 is 2.74 bits per heavy atom. The number of aromatic nitrogens is 2. The number of carboxylic acid groups (broad SMARTS) is 1. The molecule has 2 atom stereocenters. The first-order chi connectivity index (χ1) is 10.3. The van der Waals surface area contributed by atoms with Gasteiger partial charge in [-0.15, -0.1) is 12.4 Å². The summed E-state index contributed by atoms with van der Waals surface area (Å²) in [6.45, 7) is 4.40. The monoisotopic (exact) mass is 344 g/mol. The number of carbonyl (C=O) groups excluding carboxylic acids is 1. The van der Waals surface area contributed by atoms with Crippen molar-refractivity contribution in [1.82, 2.24) is 20.6 Å². The smallest absolute Gasteiger partial charge is 0.345 e. The molecule has 9 heteroatoms. The minimum Gasteiger partial charge on any atom is -0.480 e. The molecule has 1 fully saturated rings. The molecule has 1 amide bonds. The second-order valence-corrected chi connectivity index (χ2v) is 5.90. The van der Waals surface area contributed by atoms with Crippen molar-refractivity contribution < 1.29 is 14.7 Å². The normalized spacial score (nSPS) is 20.1. The van der Waals surface area contributed by atoms with Crippen molar-refractivity contribution in [3.63, 3.8) is 0 Å². The van der Waals surface area contributed by atoms with Gasteiger partial charge >= 0.3 is 11.7 Å². The molecule has 0 aliphatic carbocycles. The average molecular weight is 345 g/mol. The number of nitrogens with zero attached hydrogens (tertiary/aromatic N) is 1. The van der Waals surface area contributed by atoms with E-state index < -0.39 is 23.6 Å². The molecule has 0 aromatic carbocycles.